The number of aldehydes is 1. The van der Waals surface area contributed by atoms with Gasteiger partial charge < -0.3 is 4.79 Å². The fourth-order valence-electron chi connectivity index (χ4n) is 0.937. The maximum Gasteiger partial charge on any atom is 0.159 e. The van der Waals surface area contributed by atoms with E-state index in [9.17, 15) is 13.6 Å². The van der Waals surface area contributed by atoms with E-state index in [4.69, 9.17) is 0 Å². The molecule has 0 fully saturated rings. The SMILES string of the molecule is O=CC(F)Cc1cccc(F)c1. The molecule has 0 saturated carbocycles. The lowest BCUT2D eigenvalue weighted by atomic mass is 10.1. The number of hydrogen-bond donors (Lipinski definition) is 0. The Kier molecular flexibility index (Phi) is 2.91. The first-order valence-corrected chi connectivity index (χ1v) is 3.56. The van der Waals surface area contributed by atoms with Crippen LogP contribution in [0.2, 0.25) is 0 Å². The Hall–Kier alpha value is -1.25. The van der Waals surface area contributed by atoms with Gasteiger partial charge in [-0.3, -0.25) is 0 Å². The second-order valence-corrected chi connectivity index (χ2v) is 2.49. The molecule has 1 unspecified atom stereocenters. The number of rotatable bonds is 3. The van der Waals surface area contributed by atoms with Crippen molar-refractivity contribution < 1.29 is 13.6 Å². The Bertz CT molecular complexity index is 273. The van der Waals surface area contributed by atoms with Gasteiger partial charge >= 0.3 is 0 Å². The molecule has 12 heavy (non-hydrogen) atoms. The van der Waals surface area contributed by atoms with Crippen LogP contribution in [0.4, 0.5) is 8.78 Å². The molecule has 0 amide bonds. The molecular weight excluding hydrogens is 162 g/mol. The average Bonchev–Trinajstić information content (AvgIpc) is 2.04. The second-order valence-electron chi connectivity index (χ2n) is 2.49. The summed E-state index contributed by atoms with van der Waals surface area (Å²) < 4.78 is 25.0. The molecule has 0 radical (unpaired) electrons. The summed E-state index contributed by atoms with van der Waals surface area (Å²) in [7, 11) is 0. The molecule has 1 rings (SSSR count). The van der Waals surface area contributed by atoms with Crippen LogP contribution < -0.4 is 0 Å². The Morgan fingerprint density at radius 3 is 2.83 bits per heavy atom. The second kappa shape index (κ2) is 3.95. The van der Waals surface area contributed by atoms with E-state index in [-0.39, 0.29) is 12.7 Å². The molecular formula is C9H8F2O. The number of alkyl halides is 1. The maximum absolute atomic E-state index is 12.5. The van der Waals surface area contributed by atoms with Crippen LogP contribution in [-0.2, 0) is 11.2 Å². The first-order chi connectivity index (χ1) is 5.72. The first-order valence-electron chi connectivity index (χ1n) is 3.56. The number of halogens is 2. The molecule has 1 atom stereocenters. The predicted octanol–water partition coefficient (Wildman–Crippen LogP) is 1.91. The summed E-state index contributed by atoms with van der Waals surface area (Å²) in [6.07, 6.45) is -1.38. The summed E-state index contributed by atoms with van der Waals surface area (Å²) in [5.41, 5.74) is 0.495. The highest BCUT2D eigenvalue weighted by Gasteiger charge is 2.05. The van der Waals surface area contributed by atoms with Crippen LogP contribution in [0.1, 0.15) is 5.56 Å². The zero-order valence-electron chi connectivity index (χ0n) is 6.34. The van der Waals surface area contributed by atoms with E-state index >= 15 is 0 Å². The van der Waals surface area contributed by atoms with Gasteiger partial charge in [0, 0.05) is 6.42 Å². The molecule has 0 spiro atoms. The summed E-state index contributed by atoms with van der Waals surface area (Å²) in [6, 6.07) is 5.56. The molecule has 0 bridgehead atoms. The maximum atomic E-state index is 12.5. The van der Waals surface area contributed by atoms with Gasteiger partial charge in [-0.2, -0.15) is 0 Å². The van der Waals surface area contributed by atoms with Gasteiger partial charge in [0.05, 0.1) is 0 Å². The van der Waals surface area contributed by atoms with E-state index in [1.165, 1.54) is 18.2 Å². The molecule has 0 aliphatic heterocycles. The summed E-state index contributed by atoms with van der Waals surface area (Å²) in [6.45, 7) is 0. The molecule has 0 saturated heterocycles. The van der Waals surface area contributed by atoms with E-state index in [0.29, 0.717) is 5.56 Å². The topological polar surface area (TPSA) is 17.1 Å². The van der Waals surface area contributed by atoms with Gasteiger partial charge in [-0.25, -0.2) is 8.78 Å². The van der Waals surface area contributed by atoms with E-state index in [2.05, 4.69) is 0 Å². The Balaban J connectivity index is 2.69. The third-order valence-corrected chi connectivity index (χ3v) is 1.47. The van der Waals surface area contributed by atoms with Gasteiger partial charge in [-0.1, -0.05) is 12.1 Å². The van der Waals surface area contributed by atoms with Gasteiger partial charge in [0.2, 0.25) is 0 Å². The van der Waals surface area contributed by atoms with Crippen molar-refractivity contribution in [1.29, 1.82) is 0 Å². The van der Waals surface area contributed by atoms with E-state index < -0.39 is 12.0 Å². The van der Waals surface area contributed by atoms with Gasteiger partial charge in [0.25, 0.3) is 0 Å². The number of carbonyl (C=O) groups is 1. The first kappa shape index (κ1) is 8.84. The van der Waals surface area contributed by atoms with Crippen LogP contribution in [0.5, 0.6) is 0 Å². The highest BCUT2D eigenvalue weighted by Crippen LogP contribution is 2.06. The summed E-state index contributed by atoms with van der Waals surface area (Å²) in [5.74, 6) is -0.411. The van der Waals surface area contributed by atoms with E-state index in [0.717, 1.165) is 0 Å². The molecule has 0 heterocycles. The van der Waals surface area contributed by atoms with Gasteiger partial charge in [-0.05, 0) is 17.7 Å². The van der Waals surface area contributed by atoms with Crippen molar-refractivity contribution in [1.82, 2.24) is 0 Å². The van der Waals surface area contributed by atoms with Gasteiger partial charge in [-0.15, -0.1) is 0 Å². The van der Waals surface area contributed by atoms with Crippen molar-refractivity contribution in [3.8, 4) is 0 Å². The minimum Gasteiger partial charge on any atom is -0.300 e. The largest absolute Gasteiger partial charge is 0.300 e. The molecule has 3 heteroatoms. The monoisotopic (exact) mass is 170 g/mol. The number of hydrogen-bond acceptors (Lipinski definition) is 1. The molecule has 1 nitrogen and oxygen atoms in total. The van der Waals surface area contributed by atoms with Crippen molar-refractivity contribution in [2.45, 2.75) is 12.6 Å². The van der Waals surface area contributed by atoms with Crippen molar-refractivity contribution in [2.24, 2.45) is 0 Å². The lowest BCUT2D eigenvalue weighted by Crippen LogP contribution is -2.05. The zero-order chi connectivity index (χ0) is 8.97. The Morgan fingerprint density at radius 2 is 2.25 bits per heavy atom. The van der Waals surface area contributed by atoms with Crippen LogP contribution in [0.3, 0.4) is 0 Å². The molecule has 0 aliphatic rings. The Morgan fingerprint density at radius 1 is 1.50 bits per heavy atom. The molecule has 0 aliphatic carbocycles. The molecule has 1 aromatic rings. The molecule has 64 valence electrons. The van der Waals surface area contributed by atoms with Crippen molar-refractivity contribution in [3.05, 3.63) is 35.6 Å². The fourth-order valence-corrected chi connectivity index (χ4v) is 0.937. The average molecular weight is 170 g/mol. The smallest absolute Gasteiger partial charge is 0.159 e. The van der Waals surface area contributed by atoms with Crippen LogP contribution in [0, 0.1) is 5.82 Å². The molecule has 0 N–H and O–H groups in total. The summed E-state index contributed by atoms with van der Waals surface area (Å²) in [5, 5.41) is 0. The van der Waals surface area contributed by atoms with Crippen molar-refractivity contribution in [3.63, 3.8) is 0 Å². The van der Waals surface area contributed by atoms with Crippen LogP contribution >= 0.6 is 0 Å². The third-order valence-electron chi connectivity index (χ3n) is 1.47. The quantitative estimate of drug-likeness (QED) is 0.633. The molecule has 0 aromatic heterocycles. The lowest BCUT2D eigenvalue weighted by molar-refractivity contribution is -0.111. The van der Waals surface area contributed by atoms with Crippen molar-refractivity contribution in [2.75, 3.05) is 0 Å². The van der Waals surface area contributed by atoms with Gasteiger partial charge in [0.1, 0.15) is 5.82 Å². The number of benzene rings is 1. The minimum atomic E-state index is -1.54. The van der Waals surface area contributed by atoms with Gasteiger partial charge in [0.15, 0.2) is 12.5 Å². The standard InChI is InChI=1S/C9H8F2O/c10-8-3-1-2-7(4-8)5-9(11)6-12/h1-4,6,9H,5H2. The van der Waals surface area contributed by atoms with Crippen LogP contribution in [0.15, 0.2) is 24.3 Å². The highest BCUT2D eigenvalue weighted by molar-refractivity contribution is 5.56. The summed E-state index contributed by atoms with van der Waals surface area (Å²) >= 11 is 0. The van der Waals surface area contributed by atoms with Crippen molar-refractivity contribution >= 4 is 6.29 Å². The van der Waals surface area contributed by atoms with E-state index in [1.807, 2.05) is 0 Å². The van der Waals surface area contributed by atoms with E-state index in [1.54, 1.807) is 6.07 Å². The highest BCUT2D eigenvalue weighted by atomic mass is 19.1. The minimum absolute atomic E-state index is 0.0543. The zero-order valence-corrected chi connectivity index (χ0v) is 6.34. The molecule has 1 aromatic carbocycles. The summed E-state index contributed by atoms with van der Waals surface area (Å²) in [4.78, 5) is 9.93. The predicted molar refractivity (Wildman–Crippen MR) is 41.1 cm³/mol. The number of carbonyl (C=O) groups excluding carboxylic acids is 1. The Labute approximate surface area is 69.0 Å². The third kappa shape index (κ3) is 2.42. The van der Waals surface area contributed by atoms with Crippen LogP contribution in [0.25, 0.3) is 0 Å². The normalized spacial score (nSPS) is 12.5. The lowest BCUT2D eigenvalue weighted by Gasteiger charge is -2.00. The van der Waals surface area contributed by atoms with Crippen LogP contribution in [-0.4, -0.2) is 12.5 Å². The fraction of sp³-hybridized carbons (Fsp3) is 0.222.